The van der Waals surface area contributed by atoms with Crippen molar-refractivity contribution in [2.45, 2.75) is 50.9 Å². The maximum Gasteiger partial charge on any atom is 0.146 e. The molecule has 3 saturated heterocycles. The van der Waals surface area contributed by atoms with Gasteiger partial charge in [-0.25, -0.2) is 4.39 Å². The maximum atomic E-state index is 14.5. The van der Waals surface area contributed by atoms with Crippen LogP contribution in [-0.2, 0) is 6.54 Å². The van der Waals surface area contributed by atoms with E-state index in [1.165, 1.54) is 0 Å². The first kappa shape index (κ1) is 16.3. The zero-order valence-electron chi connectivity index (χ0n) is 14.5. The second kappa shape index (κ2) is 6.62. The van der Waals surface area contributed by atoms with Gasteiger partial charge in [0.25, 0.3) is 0 Å². The van der Waals surface area contributed by atoms with Crippen LogP contribution in [-0.4, -0.2) is 65.8 Å². The molecule has 0 aromatic heterocycles. The highest BCUT2D eigenvalue weighted by Crippen LogP contribution is 2.28. The van der Waals surface area contributed by atoms with Gasteiger partial charge in [-0.05, 0) is 43.9 Å². The predicted octanol–water partition coefficient (Wildman–Crippen LogP) is 2.07. The van der Waals surface area contributed by atoms with Crippen LogP contribution in [0.4, 0.5) is 10.1 Å². The molecule has 3 heterocycles. The van der Waals surface area contributed by atoms with E-state index in [1.807, 2.05) is 6.07 Å². The minimum absolute atomic E-state index is 0.0861. The highest BCUT2D eigenvalue weighted by molar-refractivity contribution is 5.49. The fourth-order valence-electron chi connectivity index (χ4n) is 4.59. The molecule has 132 valence electrons. The van der Waals surface area contributed by atoms with Crippen molar-refractivity contribution in [3.05, 3.63) is 29.6 Å². The van der Waals surface area contributed by atoms with E-state index in [0.717, 1.165) is 69.8 Å². The third-order valence-electron chi connectivity index (χ3n) is 5.92. The molecule has 4 nitrogen and oxygen atoms in total. The molecule has 0 saturated carbocycles. The summed E-state index contributed by atoms with van der Waals surface area (Å²) in [7, 11) is 0. The predicted molar refractivity (Wildman–Crippen MR) is 93.7 cm³/mol. The zero-order chi connectivity index (χ0) is 16.7. The molecule has 5 heteroatoms. The first-order valence-corrected chi connectivity index (χ1v) is 9.29. The number of aliphatic hydroxyl groups excluding tert-OH is 1. The van der Waals surface area contributed by atoms with Crippen molar-refractivity contribution in [1.82, 2.24) is 9.80 Å². The van der Waals surface area contributed by atoms with Crippen LogP contribution in [0.5, 0.6) is 0 Å². The lowest BCUT2D eigenvalue weighted by Crippen LogP contribution is -2.54. The van der Waals surface area contributed by atoms with Crippen LogP contribution in [0.25, 0.3) is 0 Å². The fraction of sp³-hybridized carbons (Fsp3) is 0.684. The molecule has 0 amide bonds. The Morgan fingerprint density at radius 1 is 1.17 bits per heavy atom. The van der Waals surface area contributed by atoms with E-state index in [0.29, 0.717) is 12.1 Å². The number of hydrogen-bond donors (Lipinski definition) is 1. The Kier molecular flexibility index (Phi) is 4.50. The van der Waals surface area contributed by atoms with Crippen molar-refractivity contribution in [3.63, 3.8) is 0 Å². The lowest BCUT2D eigenvalue weighted by atomic mass is 10.1. The molecule has 1 unspecified atom stereocenters. The van der Waals surface area contributed by atoms with Gasteiger partial charge in [0.15, 0.2) is 0 Å². The normalized spacial score (nSPS) is 31.6. The molecule has 0 aliphatic carbocycles. The second-order valence-corrected chi connectivity index (χ2v) is 7.76. The van der Waals surface area contributed by atoms with Gasteiger partial charge in [-0.15, -0.1) is 0 Å². The number of nitrogens with zero attached hydrogens (tertiary/aromatic N) is 3. The molecule has 0 bridgehead atoms. The standard InChI is InChI=1S/C19H28FN3O/c1-14-10-23-13-17(24)9-16(23)12-22(14)11-15-4-5-19(18(20)8-15)21-6-2-3-7-21/h4-5,8,14,16-17,24H,2-3,6-7,9-13H2,1H3/t14-,16?,17-/m1/s1. The van der Waals surface area contributed by atoms with E-state index < -0.39 is 0 Å². The molecule has 3 atom stereocenters. The summed E-state index contributed by atoms with van der Waals surface area (Å²) >= 11 is 0. The quantitative estimate of drug-likeness (QED) is 0.917. The van der Waals surface area contributed by atoms with Crippen LogP contribution >= 0.6 is 0 Å². The van der Waals surface area contributed by atoms with E-state index in [-0.39, 0.29) is 11.9 Å². The van der Waals surface area contributed by atoms with Gasteiger partial charge in [0.1, 0.15) is 5.82 Å². The lowest BCUT2D eigenvalue weighted by Gasteiger charge is -2.42. The van der Waals surface area contributed by atoms with Gasteiger partial charge in [0.05, 0.1) is 11.8 Å². The Morgan fingerprint density at radius 3 is 2.71 bits per heavy atom. The number of fused-ring (bicyclic) bond motifs is 1. The Bertz CT molecular complexity index is 590. The summed E-state index contributed by atoms with van der Waals surface area (Å²) in [4.78, 5) is 6.99. The van der Waals surface area contributed by atoms with Crippen LogP contribution in [0.2, 0.25) is 0 Å². The number of benzene rings is 1. The summed E-state index contributed by atoms with van der Waals surface area (Å²) in [6.45, 7) is 7.74. The third-order valence-corrected chi connectivity index (χ3v) is 5.92. The molecule has 0 spiro atoms. The second-order valence-electron chi connectivity index (χ2n) is 7.76. The molecule has 3 aliphatic rings. The first-order valence-electron chi connectivity index (χ1n) is 9.29. The van der Waals surface area contributed by atoms with Crippen molar-refractivity contribution in [1.29, 1.82) is 0 Å². The fourth-order valence-corrected chi connectivity index (χ4v) is 4.59. The molecular weight excluding hydrogens is 305 g/mol. The molecule has 3 fully saturated rings. The van der Waals surface area contributed by atoms with Gasteiger partial charge in [-0.1, -0.05) is 6.07 Å². The Hall–Kier alpha value is -1.17. The summed E-state index contributed by atoms with van der Waals surface area (Å²) in [5.41, 5.74) is 1.81. The average Bonchev–Trinajstić information content (AvgIpc) is 3.17. The summed E-state index contributed by atoms with van der Waals surface area (Å²) < 4.78 is 14.5. The molecule has 1 aromatic rings. The van der Waals surface area contributed by atoms with Crippen molar-refractivity contribution < 1.29 is 9.50 Å². The van der Waals surface area contributed by atoms with E-state index in [1.54, 1.807) is 6.07 Å². The van der Waals surface area contributed by atoms with Crippen molar-refractivity contribution >= 4 is 5.69 Å². The molecule has 4 rings (SSSR count). The Balaban J connectivity index is 1.44. The Morgan fingerprint density at radius 2 is 1.96 bits per heavy atom. The average molecular weight is 333 g/mol. The molecule has 24 heavy (non-hydrogen) atoms. The van der Waals surface area contributed by atoms with Crippen LogP contribution < -0.4 is 4.90 Å². The highest BCUT2D eigenvalue weighted by atomic mass is 19.1. The van der Waals surface area contributed by atoms with Gasteiger partial charge in [-0.2, -0.15) is 0 Å². The molecule has 1 N–H and O–H groups in total. The highest BCUT2D eigenvalue weighted by Gasteiger charge is 2.38. The minimum atomic E-state index is -0.181. The van der Waals surface area contributed by atoms with E-state index >= 15 is 0 Å². The van der Waals surface area contributed by atoms with Crippen molar-refractivity contribution in [2.24, 2.45) is 0 Å². The first-order chi connectivity index (χ1) is 11.6. The van der Waals surface area contributed by atoms with Gasteiger partial charge >= 0.3 is 0 Å². The van der Waals surface area contributed by atoms with Gasteiger partial charge < -0.3 is 10.0 Å². The van der Waals surface area contributed by atoms with Crippen LogP contribution in [0.3, 0.4) is 0 Å². The smallest absolute Gasteiger partial charge is 0.146 e. The molecular formula is C19H28FN3O. The number of aliphatic hydroxyl groups is 1. The summed E-state index contributed by atoms with van der Waals surface area (Å²) in [5.74, 6) is -0.0861. The van der Waals surface area contributed by atoms with E-state index in [4.69, 9.17) is 0 Å². The number of halogens is 1. The van der Waals surface area contributed by atoms with Gasteiger partial charge in [0.2, 0.25) is 0 Å². The van der Waals surface area contributed by atoms with Crippen LogP contribution in [0.15, 0.2) is 18.2 Å². The SMILES string of the molecule is C[C@@H]1CN2C[C@H](O)CC2CN1Cc1ccc(N2CCCC2)c(F)c1. The number of rotatable bonds is 3. The lowest BCUT2D eigenvalue weighted by molar-refractivity contribution is 0.0528. The van der Waals surface area contributed by atoms with Crippen molar-refractivity contribution in [2.75, 3.05) is 37.6 Å². The topological polar surface area (TPSA) is 30.0 Å². The molecule has 0 radical (unpaired) electrons. The Labute approximate surface area is 143 Å². The van der Waals surface area contributed by atoms with Gasteiger partial charge in [-0.3, -0.25) is 9.80 Å². The largest absolute Gasteiger partial charge is 0.392 e. The van der Waals surface area contributed by atoms with E-state index in [9.17, 15) is 9.50 Å². The summed E-state index contributed by atoms with van der Waals surface area (Å²) in [5, 5.41) is 9.88. The number of hydrogen-bond acceptors (Lipinski definition) is 4. The molecule has 1 aromatic carbocycles. The summed E-state index contributed by atoms with van der Waals surface area (Å²) in [6.07, 6.45) is 3.01. The van der Waals surface area contributed by atoms with Gasteiger partial charge in [0, 0.05) is 51.4 Å². The van der Waals surface area contributed by atoms with Crippen LogP contribution in [0, 0.1) is 5.82 Å². The van der Waals surface area contributed by atoms with E-state index in [2.05, 4.69) is 27.7 Å². The minimum Gasteiger partial charge on any atom is -0.392 e. The van der Waals surface area contributed by atoms with Crippen LogP contribution in [0.1, 0.15) is 31.7 Å². The number of anilines is 1. The zero-order valence-corrected chi connectivity index (χ0v) is 14.5. The molecule has 3 aliphatic heterocycles. The number of piperazine rings is 1. The third kappa shape index (κ3) is 3.17. The summed E-state index contributed by atoms with van der Waals surface area (Å²) in [6, 6.07) is 6.64. The monoisotopic (exact) mass is 333 g/mol. The van der Waals surface area contributed by atoms with Crippen molar-refractivity contribution in [3.8, 4) is 0 Å². The maximum absolute atomic E-state index is 14.5.